The third kappa shape index (κ3) is 5.64. The van der Waals surface area contributed by atoms with E-state index in [4.69, 9.17) is 9.47 Å². The van der Waals surface area contributed by atoms with Crippen LogP contribution in [0.3, 0.4) is 0 Å². The first kappa shape index (κ1) is 15.2. The second-order valence-corrected chi connectivity index (χ2v) is 4.59. The number of hydrogen-bond acceptors (Lipinski definition) is 5. The number of nitrogens with one attached hydrogen (secondary N) is 1. The van der Waals surface area contributed by atoms with E-state index < -0.39 is 0 Å². The second kappa shape index (κ2) is 9.10. The van der Waals surface area contributed by atoms with Crippen molar-refractivity contribution >= 4 is 21.9 Å². The van der Waals surface area contributed by atoms with Crippen molar-refractivity contribution in [2.45, 2.75) is 26.7 Å². The van der Waals surface area contributed by atoms with Gasteiger partial charge in [-0.25, -0.2) is 4.98 Å². The van der Waals surface area contributed by atoms with Gasteiger partial charge in [-0.1, -0.05) is 13.8 Å². The molecule has 0 radical (unpaired) electrons. The fourth-order valence-corrected chi connectivity index (χ4v) is 1.52. The standard InChI is InChI=1S/C12H20BrN3O2/c1-3-5-14-12-15-9-10(13)11(16-12)18-8-7-17-6-4-2/h9H,3-8H2,1-2H3,(H,14,15,16). The Morgan fingerprint density at radius 3 is 2.78 bits per heavy atom. The summed E-state index contributed by atoms with van der Waals surface area (Å²) in [7, 11) is 0. The van der Waals surface area contributed by atoms with Crippen molar-refractivity contribution in [2.75, 3.05) is 31.7 Å². The van der Waals surface area contributed by atoms with Crippen LogP contribution < -0.4 is 10.1 Å². The monoisotopic (exact) mass is 317 g/mol. The molecule has 1 aromatic rings. The van der Waals surface area contributed by atoms with Gasteiger partial charge >= 0.3 is 0 Å². The van der Waals surface area contributed by atoms with Crippen LogP contribution in [0.25, 0.3) is 0 Å². The maximum Gasteiger partial charge on any atom is 0.232 e. The first-order valence-electron chi connectivity index (χ1n) is 6.24. The molecule has 0 saturated heterocycles. The van der Waals surface area contributed by atoms with Gasteiger partial charge < -0.3 is 14.8 Å². The SMILES string of the molecule is CCCNc1ncc(Br)c(OCCOCCC)n1. The van der Waals surface area contributed by atoms with Gasteiger partial charge in [0.05, 0.1) is 17.3 Å². The molecule has 1 rings (SSSR count). The summed E-state index contributed by atoms with van der Waals surface area (Å²) in [6.45, 7) is 6.84. The Labute approximate surface area is 116 Å². The van der Waals surface area contributed by atoms with Gasteiger partial charge in [-0.2, -0.15) is 4.98 Å². The van der Waals surface area contributed by atoms with E-state index in [-0.39, 0.29) is 0 Å². The van der Waals surface area contributed by atoms with E-state index in [0.29, 0.717) is 25.0 Å². The Hall–Kier alpha value is -0.880. The number of aromatic nitrogens is 2. The summed E-state index contributed by atoms with van der Waals surface area (Å²) in [5.41, 5.74) is 0. The van der Waals surface area contributed by atoms with Crippen LogP contribution in [0.1, 0.15) is 26.7 Å². The van der Waals surface area contributed by atoms with Crippen LogP contribution in [-0.2, 0) is 4.74 Å². The van der Waals surface area contributed by atoms with E-state index in [2.05, 4.69) is 45.1 Å². The highest BCUT2D eigenvalue weighted by atomic mass is 79.9. The number of rotatable bonds is 9. The van der Waals surface area contributed by atoms with E-state index in [1.54, 1.807) is 6.20 Å². The van der Waals surface area contributed by atoms with E-state index in [1.807, 2.05) is 0 Å². The lowest BCUT2D eigenvalue weighted by Crippen LogP contribution is -2.10. The van der Waals surface area contributed by atoms with Crippen molar-refractivity contribution in [2.24, 2.45) is 0 Å². The summed E-state index contributed by atoms with van der Waals surface area (Å²) in [5, 5.41) is 3.12. The molecular formula is C12H20BrN3O2. The molecule has 0 aromatic carbocycles. The zero-order chi connectivity index (χ0) is 13.2. The Morgan fingerprint density at radius 2 is 2.06 bits per heavy atom. The van der Waals surface area contributed by atoms with Crippen LogP contribution in [0.2, 0.25) is 0 Å². The first-order valence-corrected chi connectivity index (χ1v) is 7.04. The first-order chi connectivity index (χ1) is 8.77. The van der Waals surface area contributed by atoms with Crippen molar-refractivity contribution in [3.05, 3.63) is 10.7 Å². The van der Waals surface area contributed by atoms with Gasteiger partial charge in [0.1, 0.15) is 6.61 Å². The summed E-state index contributed by atoms with van der Waals surface area (Å²) in [5.74, 6) is 1.13. The highest BCUT2D eigenvalue weighted by Crippen LogP contribution is 2.22. The maximum absolute atomic E-state index is 5.54. The number of ether oxygens (including phenoxy) is 2. The maximum atomic E-state index is 5.54. The molecule has 0 atom stereocenters. The fourth-order valence-electron chi connectivity index (χ4n) is 1.22. The molecule has 1 heterocycles. The molecule has 0 aliphatic heterocycles. The number of anilines is 1. The van der Waals surface area contributed by atoms with Gasteiger partial charge in [-0.05, 0) is 28.8 Å². The highest BCUT2D eigenvalue weighted by molar-refractivity contribution is 9.10. The third-order valence-corrected chi connectivity index (χ3v) is 2.60. The predicted molar refractivity (Wildman–Crippen MR) is 75.1 cm³/mol. The average Bonchev–Trinajstić information content (AvgIpc) is 2.39. The smallest absolute Gasteiger partial charge is 0.232 e. The van der Waals surface area contributed by atoms with Gasteiger partial charge in [0.15, 0.2) is 0 Å². The summed E-state index contributed by atoms with van der Waals surface area (Å²) in [6.07, 6.45) is 3.73. The fraction of sp³-hybridized carbons (Fsp3) is 0.667. The number of halogens is 1. The van der Waals surface area contributed by atoms with Gasteiger partial charge in [-0.3, -0.25) is 0 Å². The molecule has 18 heavy (non-hydrogen) atoms. The van der Waals surface area contributed by atoms with Crippen LogP contribution in [0.5, 0.6) is 5.88 Å². The lowest BCUT2D eigenvalue weighted by Gasteiger charge is -2.09. The molecule has 0 amide bonds. The molecule has 0 unspecified atom stereocenters. The molecule has 102 valence electrons. The molecule has 0 saturated carbocycles. The summed E-state index contributed by atoms with van der Waals surface area (Å²) in [4.78, 5) is 8.43. The van der Waals surface area contributed by atoms with Gasteiger partial charge in [-0.15, -0.1) is 0 Å². The highest BCUT2D eigenvalue weighted by Gasteiger charge is 2.05. The second-order valence-electron chi connectivity index (χ2n) is 3.73. The Balaban J connectivity index is 2.42. The molecule has 0 fully saturated rings. The molecule has 0 aliphatic carbocycles. The Kier molecular flexibility index (Phi) is 7.68. The predicted octanol–water partition coefficient (Wildman–Crippen LogP) is 2.87. The minimum absolute atomic E-state index is 0.489. The quantitative estimate of drug-likeness (QED) is 0.710. The van der Waals surface area contributed by atoms with E-state index in [1.165, 1.54) is 0 Å². The largest absolute Gasteiger partial charge is 0.474 e. The van der Waals surface area contributed by atoms with Gasteiger partial charge in [0.25, 0.3) is 0 Å². The normalized spacial score (nSPS) is 10.4. The minimum atomic E-state index is 0.489. The van der Waals surface area contributed by atoms with Crippen molar-refractivity contribution in [3.63, 3.8) is 0 Å². The number of nitrogens with zero attached hydrogens (tertiary/aromatic N) is 2. The average molecular weight is 318 g/mol. The lowest BCUT2D eigenvalue weighted by molar-refractivity contribution is 0.0987. The zero-order valence-corrected chi connectivity index (χ0v) is 12.5. The van der Waals surface area contributed by atoms with E-state index in [0.717, 1.165) is 30.5 Å². The van der Waals surface area contributed by atoms with Crippen LogP contribution in [0.15, 0.2) is 10.7 Å². The van der Waals surface area contributed by atoms with Crippen molar-refractivity contribution in [1.82, 2.24) is 9.97 Å². The lowest BCUT2D eigenvalue weighted by atomic mass is 10.5. The molecule has 0 spiro atoms. The molecule has 1 N–H and O–H groups in total. The van der Waals surface area contributed by atoms with E-state index >= 15 is 0 Å². The molecule has 5 nitrogen and oxygen atoms in total. The van der Waals surface area contributed by atoms with Crippen molar-refractivity contribution in [1.29, 1.82) is 0 Å². The van der Waals surface area contributed by atoms with Crippen LogP contribution in [-0.4, -0.2) is 36.3 Å². The molecular weight excluding hydrogens is 298 g/mol. The topological polar surface area (TPSA) is 56.3 Å². The molecule has 0 aliphatic rings. The van der Waals surface area contributed by atoms with Crippen LogP contribution in [0, 0.1) is 0 Å². The Bertz CT molecular complexity index is 350. The van der Waals surface area contributed by atoms with Gasteiger partial charge in [0, 0.05) is 13.2 Å². The summed E-state index contributed by atoms with van der Waals surface area (Å²) >= 11 is 3.36. The number of hydrogen-bond donors (Lipinski definition) is 1. The molecule has 1 aromatic heterocycles. The van der Waals surface area contributed by atoms with Crippen LogP contribution >= 0.6 is 15.9 Å². The molecule has 6 heteroatoms. The van der Waals surface area contributed by atoms with Crippen molar-refractivity contribution < 1.29 is 9.47 Å². The summed E-state index contributed by atoms with van der Waals surface area (Å²) < 4.78 is 11.6. The Morgan fingerprint density at radius 1 is 1.22 bits per heavy atom. The van der Waals surface area contributed by atoms with Crippen LogP contribution in [0.4, 0.5) is 5.95 Å². The van der Waals surface area contributed by atoms with E-state index in [9.17, 15) is 0 Å². The molecule has 0 bridgehead atoms. The minimum Gasteiger partial charge on any atom is -0.474 e. The zero-order valence-electron chi connectivity index (χ0n) is 10.9. The third-order valence-electron chi connectivity index (χ3n) is 2.06. The van der Waals surface area contributed by atoms with Crippen molar-refractivity contribution in [3.8, 4) is 5.88 Å². The summed E-state index contributed by atoms with van der Waals surface area (Å²) in [6, 6.07) is 0. The van der Waals surface area contributed by atoms with Gasteiger partial charge in [0.2, 0.25) is 11.8 Å².